The molecule has 2 heteroatoms. The lowest BCUT2D eigenvalue weighted by Gasteiger charge is -2.22. The van der Waals surface area contributed by atoms with Crippen LogP contribution in [-0.2, 0) is 0 Å². The van der Waals surface area contributed by atoms with Crippen molar-refractivity contribution >= 4 is 0 Å². The second-order valence-electron chi connectivity index (χ2n) is 4.19. The standard InChI is InChI=1S/C14H14F2/c1-10(11-2-6-13(15)7-3-11)12-4-8-14(16)9-5-12/h2-4,6-10,12H,5H2,1H3. The number of benzene rings is 1. The molecule has 1 aromatic carbocycles. The van der Waals surface area contributed by atoms with Crippen LogP contribution in [0.15, 0.2) is 48.3 Å². The molecule has 0 heterocycles. The first-order chi connectivity index (χ1) is 7.66. The van der Waals surface area contributed by atoms with Crippen molar-refractivity contribution in [3.8, 4) is 0 Å². The zero-order chi connectivity index (χ0) is 11.5. The molecule has 2 atom stereocenters. The summed E-state index contributed by atoms with van der Waals surface area (Å²) < 4.78 is 25.6. The molecule has 2 rings (SSSR count). The smallest absolute Gasteiger partial charge is 0.123 e. The zero-order valence-corrected chi connectivity index (χ0v) is 9.16. The van der Waals surface area contributed by atoms with Crippen molar-refractivity contribution in [1.29, 1.82) is 0 Å². The molecule has 0 nitrogen and oxygen atoms in total. The molecular formula is C14H14F2. The van der Waals surface area contributed by atoms with Crippen LogP contribution in [-0.4, -0.2) is 0 Å². The second-order valence-corrected chi connectivity index (χ2v) is 4.19. The molecule has 0 radical (unpaired) electrons. The predicted molar refractivity (Wildman–Crippen MR) is 61.3 cm³/mol. The van der Waals surface area contributed by atoms with Gasteiger partial charge in [0.2, 0.25) is 0 Å². The van der Waals surface area contributed by atoms with E-state index in [2.05, 4.69) is 6.92 Å². The Labute approximate surface area is 94.3 Å². The summed E-state index contributed by atoms with van der Waals surface area (Å²) in [4.78, 5) is 0. The summed E-state index contributed by atoms with van der Waals surface area (Å²) in [6.07, 6.45) is 5.71. The Balaban J connectivity index is 2.11. The molecule has 1 aromatic rings. The summed E-state index contributed by atoms with van der Waals surface area (Å²) in [5, 5.41) is 0. The van der Waals surface area contributed by atoms with E-state index in [0.29, 0.717) is 12.3 Å². The molecule has 0 fully saturated rings. The number of hydrogen-bond acceptors (Lipinski definition) is 0. The minimum atomic E-state index is -0.221. The highest BCUT2D eigenvalue weighted by Crippen LogP contribution is 2.31. The molecule has 1 aliphatic carbocycles. The van der Waals surface area contributed by atoms with Crippen molar-refractivity contribution in [2.24, 2.45) is 5.92 Å². The highest BCUT2D eigenvalue weighted by Gasteiger charge is 2.17. The van der Waals surface area contributed by atoms with Crippen LogP contribution < -0.4 is 0 Å². The summed E-state index contributed by atoms with van der Waals surface area (Å²) in [5.74, 6) is 0.190. The van der Waals surface area contributed by atoms with Crippen LogP contribution in [0.1, 0.15) is 24.8 Å². The lowest BCUT2D eigenvalue weighted by atomic mass is 9.83. The SMILES string of the molecule is CC(c1ccc(F)cc1)C1C=CC(F)=CC1. The van der Waals surface area contributed by atoms with Gasteiger partial charge < -0.3 is 0 Å². The zero-order valence-electron chi connectivity index (χ0n) is 9.16. The fourth-order valence-corrected chi connectivity index (χ4v) is 2.00. The Hall–Kier alpha value is -1.44. The van der Waals surface area contributed by atoms with E-state index >= 15 is 0 Å². The van der Waals surface area contributed by atoms with Gasteiger partial charge in [0, 0.05) is 0 Å². The first kappa shape index (κ1) is 11.1. The van der Waals surface area contributed by atoms with Gasteiger partial charge in [-0.15, -0.1) is 0 Å². The predicted octanol–water partition coefficient (Wildman–Crippen LogP) is 4.36. The number of halogens is 2. The van der Waals surface area contributed by atoms with E-state index < -0.39 is 0 Å². The molecule has 0 spiro atoms. The van der Waals surface area contributed by atoms with Gasteiger partial charge >= 0.3 is 0 Å². The van der Waals surface area contributed by atoms with Crippen LogP contribution in [0.3, 0.4) is 0 Å². The summed E-state index contributed by atoms with van der Waals surface area (Å²) >= 11 is 0. The lowest BCUT2D eigenvalue weighted by Crippen LogP contribution is -2.08. The second kappa shape index (κ2) is 4.60. The Morgan fingerprint density at radius 2 is 1.88 bits per heavy atom. The first-order valence-electron chi connectivity index (χ1n) is 5.46. The van der Waals surface area contributed by atoms with Gasteiger partial charge in [0.1, 0.15) is 11.6 Å². The minimum Gasteiger partial charge on any atom is -0.207 e. The molecule has 0 amide bonds. The van der Waals surface area contributed by atoms with Crippen molar-refractivity contribution in [2.45, 2.75) is 19.3 Å². The molecule has 2 unspecified atom stereocenters. The summed E-state index contributed by atoms with van der Waals surface area (Å²) in [6, 6.07) is 6.52. The summed E-state index contributed by atoms with van der Waals surface area (Å²) in [7, 11) is 0. The maximum absolute atomic E-state index is 12.8. The van der Waals surface area contributed by atoms with Crippen molar-refractivity contribution in [2.75, 3.05) is 0 Å². The van der Waals surface area contributed by atoms with Crippen molar-refractivity contribution in [1.82, 2.24) is 0 Å². The van der Waals surface area contributed by atoms with Crippen molar-refractivity contribution in [3.05, 3.63) is 59.7 Å². The fraction of sp³-hybridized carbons (Fsp3) is 0.286. The summed E-state index contributed by atoms with van der Waals surface area (Å²) in [5.41, 5.74) is 1.09. The van der Waals surface area contributed by atoms with E-state index in [1.54, 1.807) is 18.2 Å². The minimum absolute atomic E-state index is 0.164. The third-order valence-electron chi connectivity index (χ3n) is 3.13. The van der Waals surface area contributed by atoms with E-state index in [1.165, 1.54) is 18.2 Å². The van der Waals surface area contributed by atoms with Crippen LogP contribution in [0.25, 0.3) is 0 Å². The van der Waals surface area contributed by atoms with E-state index in [-0.39, 0.29) is 17.6 Å². The number of rotatable bonds is 2. The average Bonchev–Trinajstić information content (AvgIpc) is 2.30. The van der Waals surface area contributed by atoms with Crippen LogP contribution in [0.4, 0.5) is 8.78 Å². The molecule has 0 bridgehead atoms. The highest BCUT2D eigenvalue weighted by molar-refractivity contribution is 5.25. The fourth-order valence-electron chi connectivity index (χ4n) is 2.00. The van der Waals surface area contributed by atoms with Gasteiger partial charge in [-0.25, -0.2) is 8.78 Å². The molecule has 0 aromatic heterocycles. The molecule has 16 heavy (non-hydrogen) atoms. The Morgan fingerprint density at radius 3 is 2.44 bits per heavy atom. The van der Waals surface area contributed by atoms with E-state index in [1.807, 2.05) is 6.08 Å². The Morgan fingerprint density at radius 1 is 1.19 bits per heavy atom. The van der Waals surface area contributed by atoms with Crippen LogP contribution >= 0.6 is 0 Å². The maximum Gasteiger partial charge on any atom is 0.123 e. The highest BCUT2D eigenvalue weighted by atomic mass is 19.1. The van der Waals surface area contributed by atoms with Gasteiger partial charge in [-0.1, -0.05) is 25.1 Å². The van der Waals surface area contributed by atoms with Gasteiger partial charge in [-0.3, -0.25) is 0 Å². The van der Waals surface area contributed by atoms with Gasteiger partial charge in [0.05, 0.1) is 0 Å². The molecule has 0 saturated carbocycles. The van der Waals surface area contributed by atoms with E-state index in [9.17, 15) is 8.78 Å². The third-order valence-corrected chi connectivity index (χ3v) is 3.13. The van der Waals surface area contributed by atoms with Crippen LogP contribution in [0.2, 0.25) is 0 Å². The molecule has 0 N–H and O–H groups in total. The molecule has 0 aliphatic heterocycles. The normalized spacial score (nSPS) is 21.7. The maximum atomic E-state index is 12.8. The van der Waals surface area contributed by atoms with Gasteiger partial charge in [-0.2, -0.15) is 0 Å². The van der Waals surface area contributed by atoms with Gasteiger partial charge in [0.15, 0.2) is 0 Å². The van der Waals surface area contributed by atoms with Crippen LogP contribution in [0, 0.1) is 11.7 Å². The van der Waals surface area contributed by atoms with Gasteiger partial charge in [-0.05, 0) is 48.1 Å². The molecular weight excluding hydrogens is 206 g/mol. The Kier molecular flexibility index (Phi) is 3.18. The Bertz CT molecular complexity index is 415. The number of hydrogen-bond donors (Lipinski definition) is 0. The van der Waals surface area contributed by atoms with Crippen molar-refractivity contribution in [3.63, 3.8) is 0 Å². The molecule has 1 aliphatic rings. The van der Waals surface area contributed by atoms with Gasteiger partial charge in [0.25, 0.3) is 0 Å². The van der Waals surface area contributed by atoms with E-state index in [0.717, 1.165) is 5.56 Å². The largest absolute Gasteiger partial charge is 0.207 e. The monoisotopic (exact) mass is 220 g/mol. The first-order valence-corrected chi connectivity index (χ1v) is 5.46. The molecule has 84 valence electrons. The third kappa shape index (κ3) is 2.38. The molecule has 0 saturated heterocycles. The van der Waals surface area contributed by atoms with E-state index in [4.69, 9.17) is 0 Å². The topological polar surface area (TPSA) is 0 Å². The van der Waals surface area contributed by atoms with Crippen LogP contribution in [0.5, 0.6) is 0 Å². The quantitative estimate of drug-likeness (QED) is 0.694. The summed E-state index contributed by atoms with van der Waals surface area (Å²) in [6.45, 7) is 2.08. The number of allylic oxidation sites excluding steroid dienone is 4. The van der Waals surface area contributed by atoms with Crippen molar-refractivity contribution < 1.29 is 8.78 Å². The average molecular weight is 220 g/mol. The lowest BCUT2D eigenvalue weighted by molar-refractivity contribution is 0.524.